The van der Waals surface area contributed by atoms with Gasteiger partial charge in [-0.25, -0.2) is 8.42 Å². The van der Waals surface area contributed by atoms with E-state index in [9.17, 15) is 18.0 Å². The minimum Gasteiger partial charge on any atom is -0.468 e. The molecule has 0 saturated carbocycles. The van der Waals surface area contributed by atoms with E-state index in [4.69, 9.17) is 4.74 Å². The standard InChI is InChI=1S/C23H26N2O5S2/c1-3-4-8-17-11-12-19-20(15-17)31-23(25(19)16-22(27)30-2)24-21(26)13-14-32(28,29)18-9-6-5-7-10-18/h5-7,9-12,15H,3-4,8,13-14,16H2,1-2H3. The predicted molar refractivity (Wildman–Crippen MR) is 124 cm³/mol. The Morgan fingerprint density at radius 1 is 1.12 bits per heavy atom. The second-order valence-corrected chi connectivity index (χ2v) is 10.5. The molecule has 0 aliphatic rings. The molecule has 1 heterocycles. The van der Waals surface area contributed by atoms with Crippen molar-refractivity contribution in [3.63, 3.8) is 0 Å². The molecule has 3 aromatic rings. The van der Waals surface area contributed by atoms with Crippen LogP contribution in [0.2, 0.25) is 0 Å². The van der Waals surface area contributed by atoms with Crippen LogP contribution in [0.5, 0.6) is 0 Å². The molecule has 0 bridgehead atoms. The van der Waals surface area contributed by atoms with E-state index in [1.165, 1.54) is 36.1 Å². The fourth-order valence-corrected chi connectivity index (χ4v) is 5.58. The SMILES string of the molecule is CCCCc1ccc2c(c1)sc(=NC(=O)CCS(=O)(=O)c1ccccc1)n2CC(=O)OC. The summed E-state index contributed by atoms with van der Waals surface area (Å²) in [5.74, 6) is -1.34. The zero-order valence-corrected chi connectivity index (χ0v) is 19.7. The molecule has 9 heteroatoms. The van der Waals surface area contributed by atoms with Crippen LogP contribution in [0.25, 0.3) is 10.2 Å². The number of amides is 1. The molecule has 7 nitrogen and oxygen atoms in total. The fourth-order valence-electron chi connectivity index (χ4n) is 3.22. The van der Waals surface area contributed by atoms with Crippen LogP contribution in [-0.2, 0) is 37.1 Å². The molecule has 0 N–H and O–H groups in total. The average molecular weight is 475 g/mol. The number of carbonyl (C=O) groups is 2. The Kier molecular flexibility index (Phi) is 7.98. The van der Waals surface area contributed by atoms with Crippen LogP contribution in [-0.4, -0.2) is 37.7 Å². The van der Waals surface area contributed by atoms with Crippen molar-refractivity contribution < 1.29 is 22.7 Å². The van der Waals surface area contributed by atoms with Gasteiger partial charge in [0.2, 0.25) is 5.91 Å². The summed E-state index contributed by atoms with van der Waals surface area (Å²) >= 11 is 1.30. The van der Waals surface area contributed by atoms with Gasteiger partial charge in [-0.2, -0.15) is 4.99 Å². The molecule has 0 saturated heterocycles. The summed E-state index contributed by atoms with van der Waals surface area (Å²) in [6.45, 7) is 2.05. The molecule has 0 fully saturated rings. The molecule has 0 unspecified atom stereocenters. The monoisotopic (exact) mass is 474 g/mol. The van der Waals surface area contributed by atoms with Gasteiger partial charge in [0.05, 0.1) is 28.0 Å². The maximum absolute atomic E-state index is 12.5. The number of carbonyl (C=O) groups excluding carboxylic acids is 2. The van der Waals surface area contributed by atoms with Gasteiger partial charge in [-0.15, -0.1) is 0 Å². The molecule has 1 amide bonds. The number of rotatable bonds is 9. The van der Waals surface area contributed by atoms with Gasteiger partial charge in [0.15, 0.2) is 14.6 Å². The second-order valence-electron chi connectivity index (χ2n) is 7.34. The van der Waals surface area contributed by atoms with Gasteiger partial charge >= 0.3 is 5.97 Å². The highest BCUT2D eigenvalue weighted by Gasteiger charge is 2.17. The first-order chi connectivity index (χ1) is 15.3. The minimum absolute atomic E-state index is 0.0841. The van der Waals surface area contributed by atoms with Gasteiger partial charge in [-0.3, -0.25) is 9.59 Å². The van der Waals surface area contributed by atoms with Crippen LogP contribution in [0.3, 0.4) is 0 Å². The maximum atomic E-state index is 12.5. The van der Waals surface area contributed by atoms with Crippen LogP contribution in [0.1, 0.15) is 31.7 Å². The van der Waals surface area contributed by atoms with Crippen molar-refractivity contribution in [2.45, 2.75) is 44.0 Å². The van der Waals surface area contributed by atoms with E-state index in [1.807, 2.05) is 18.2 Å². The van der Waals surface area contributed by atoms with Gasteiger partial charge in [-0.05, 0) is 42.7 Å². The molecule has 0 aliphatic heterocycles. The molecule has 0 spiro atoms. The Morgan fingerprint density at radius 2 is 1.88 bits per heavy atom. The normalized spacial score (nSPS) is 12.2. The molecular weight excluding hydrogens is 448 g/mol. The number of thiazole rings is 1. The first-order valence-corrected chi connectivity index (χ1v) is 12.9. The number of aryl methyl sites for hydroxylation is 1. The van der Waals surface area contributed by atoms with Crippen LogP contribution in [0.4, 0.5) is 0 Å². The lowest BCUT2D eigenvalue weighted by Crippen LogP contribution is -2.22. The quantitative estimate of drug-likeness (QED) is 0.442. The van der Waals surface area contributed by atoms with E-state index in [2.05, 4.69) is 11.9 Å². The van der Waals surface area contributed by atoms with Crippen molar-refractivity contribution in [2.24, 2.45) is 4.99 Å². The smallest absolute Gasteiger partial charge is 0.325 e. The van der Waals surface area contributed by atoms with Gasteiger partial charge in [0, 0.05) is 6.42 Å². The summed E-state index contributed by atoms with van der Waals surface area (Å²) in [6.07, 6.45) is 2.87. The van der Waals surface area contributed by atoms with E-state index in [-0.39, 0.29) is 23.6 Å². The first-order valence-electron chi connectivity index (χ1n) is 10.4. The van der Waals surface area contributed by atoms with E-state index in [0.29, 0.717) is 4.80 Å². The highest BCUT2D eigenvalue weighted by molar-refractivity contribution is 7.91. The van der Waals surface area contributed by atoms with Crippen molar-refractivity contribution in [3.05, 3.63) is 58.9 Å². The minimum atomic E-state index is -3.58. The average Bonchev–Trinajstić information content (AvgIpc) is 3.12. The Hall–Kier alpha value is -2.78. The van der Waals surface area contributed by atoms with Crippen LogP contribution in [0.15, 0.2) is 58.4 Å². The van der Waals surface area contributed by atoms with E-state index >= 15 is 0 Å². The Labute approximate surface area is 191 Å². The summed E-state index contributed by atoms with van der Waals surface area (Å²) in [5, 5.41) is 0. The van der Waals surface area contributed by atoms with Gasteiger partial charge in [-0.1, -0.05) is 48.9 Å². The summed E-state index contributed by atoms with van der Waals surface area (Å²) in [4.78, 5) is 29.1. The van der Waals surface area contributed by atoms with Gasteiger partial charge in [0.1, 0.15) is 6.54 Å². The number of benzene rings is 2. The lowest BCUT2D eigenvalue weighted by molar-refractivity contribution is -0.141. The Bertz CT molecular complexity index is 1270. The fraction of sp³-hybridized carbons (Fsp3) is 0.348. The summed E-state index contributed by atoms with van der Waals surface area (Å²) in [6, 6.07) is 14.0. The molecule has 170 valence electrons. The van der Waals surface area contributed by atoms with Crippen molar-refractivity contribution in [1.82, 2.24) is 4.57 Å². The first kappa shape index (κ1) is 23.9. The summed E-state index contributed by atoms with van der Waals surface area (Å²) in [5.41, 5.74) is 1.96. The summed E-state index contributed by atoms with van der Waals surface area (Å²) in [7, 11) is -2.28. The van der Waals surface area contributed by atoms with Crippen LogP contribution < -0.4 is 4.80 Å². The van der Waals surface area contributed by atoms with E-state index in [1.54, 1.807) is 22.8 Å². The third kappa shape index (κ3) is 5.92. The second kappa shape index (κ2) is 10.7. The van der Waals surface area contributed by atoms with Crippen molar-refractivity contribution in [1.29, 1.82) is 0 Å². The molecule has 3 rings (SSSR count). The Balaban J connectivity index is 1.89. The lowest BCUT2D eigenvalue weighted by Gasteiger charge is -2.05. The van der Waals surface area contributed by atoms with Crippen LogP contribution in [0, 0.1) is 0 Å². The highest BCUT2D eigenvalue weighted by Crippen LogP contribution is 2.21. The van der Waals surface area contributed by atoms with Crippen molar-refractivity contribution in [2.75, 3.05) is 12.9 Å². The topological polar surface area (TPSA) is 94.8 Å². The molecule has 32 heavy (non-hydrogen) atoms. The highest BCUT2D eigenvalue weighted by atomic mass is 32.2. The number of aromatic nitrogens is 1. The number of sulfone groups is 1. The van der Waals surface area contributed by atoms with E-state index in [0.717, 1.165) is 29.5 Å². The zero-order valence-electron chi connectivity index (χ0n) is 18.1. The van der Waals surface area contributed by atoms with Gasteiger partial charge < -0.3 is 9.30 Å². The number of hydrogen-bond acceptors (Lipinski definition) is 6. The zero-order chi connectivity index (χ0) is 23.1. The number of unbranched alkanes of at least 4 members (excludes halogenated alkanes) is 1. The lowest BCUT2D eigenvalue weighted by atomic mass is 10.1. The molecular formula is C23H26N2O5S2. The number of ether oxygens (including phenoxy) is 1. The van der Waals surface area contributed by atoms with Gasteiger partial charge in [0.25, 0.3) is 0 Å². The number of hydrogen-bond donors (Lipinski definition) is 0. The summed E-state index contributed by atoms with van der Waals surface area (Å²) < 4.78 is 32.2. The number of esters is 1. The van der Waals surface area contributed by atoms with Crippen molar-refractivity contribution >= 4 is 43.3 Å². The molecule has 0 aliphatic carbocycles. The molecule has 2 aromatic carbocycles. The van der Waals surface area contributed by atoms with Crippen LogP contribution >= 0.6 is 11.3 Å². The van der Waals surface area contributed by atoms with E-state index < -0.39 is 21.7 Å². The molecule has 0 radical (unpaired) electrons. The third-order valence-corrected chi connectivity index (χ3v) is 7.76. The number of fused-ring (bicyclic) bond motifs is 1. The van der Waals surface area contributed by atoms with Crippen molar-refractivity contribution in [3.8, 4) is 0 Å². The predicted octanol–water partition coefficient (Wildman–Crippen LogP) is 3.51. The largest absolute Gasteiger partial charge is 0.468 e. The number of methoxy groups -OCH3 is 1. The third-order valence-electron chi connectivity index (χ3n) is 4.99. The molecule has 0 atom stereocenters. The maximum Gasteiger partial charge on any atom is 0.325 e. The Morgan fingerprint density at radius 3 is 2.56 bits per heavy atom. The number of nitrogens with zero attached hydrogens (tertiary/aromatic N) is 2. The molecule has 1 aromatic heterocycles.